The van der Waals surface area contributed by atoms with Crippen LogP contribution in [0.15, 0.2) is 29.2 Å². The largest absolute Gasteiger partial charge is 0.351 e. The van der Waals surface area contributed by atoms with Crippen molar-refractivity contribution in [3.05, 3.63) is 24.3 Å². The number of anilines is 1. The fourth-order valence-corrected chi connectivity index (χ4v) is 2.53. The zero-order valence-electron chi connectivity index (χ0n) is 10.9. The molecule has 0 radical (unpaired) electrons. The summed E-state index contributed by atoms with van der Waals surface area (Å²) < 4.78 is 23.0. The number of unbranched alkanes of at least 4 members (excludes halogenated alkanes) is 2. The summed E-state index contributed by atoms with van der Waals surface area (Å²) in [6.45, 7) is 2.41. The van der Waals surface area contributed by atoms with Crippen LogP contribution in [0.2, 0.25) is 0 Å². The van der Waals surface area contributed by atoms with Crippen LogP contribution < -0.4 is 15.8 Å². The third-order valence-corrected chi connectivity index (χ3v) is 3.67. The first-order valence-electron chi connectivity index (χ1n) is 6.06. The smallest absolute Gasteiger partial charge is 0.319 e. The summed E-state index contributed by atoms with van der Waals surface area (Å²) >= 11 is 0. The minimum atomic E-state index is -3.89. The molecule has 1 rings (SSSR count). The Kier molecular flexibility index (Phi) is 5.31. The van der Waals surface area contributed by atoms with Crippen LogP contribution in [0.4, 0.5) is 10.5 Å². The minimum absolute atomic E-state index is 0.0923. The molecule has 0 saturated heterocycles. The lowest BCUT2D eigenvalue weighted by Crippen LogP contribution is -2.37. The highest BCUT2D eigenvalue weighted by Gasteiger charge is 2.20. The van der Waals surface area contributed by atoms with Crippen molar-refractivity contribution in [3.63, 3.8) is 0 Å². The van der Waals surface area contributed by atoms with Crippen LogP contribution in [0.3, 0.4) is 0 Å². The summed E-state index contributed by atoms with van der Waals surface area (Å²) in [4.78, 5) is 12.6. The lowest BCUT2D eigenvalue weighted by atomic mass is 10.2. The highest BCUT2D eigenvalue weighted by Crippen LogP contribution is 2.24. The van der Waals surface area contributed by atoms with Gasteiger partial charge in [-0.05, 0) is 18.6 Å². The monoisotopic (exact) mass is 285 g/mol. The first kappa shape index (κ1) is 15.5. The Labute approximate surface area is 113 Å². The third-order valence-electron chi connectivity index (χ3n) is 2.71. The predicted molar refractivity (Wildman–Crippen MR) is 74.3 cm³/mol. The van der Waals surface area contributed by atoms with Gasteiger partial charge in [0.25, 0.3) is 0 Å². The number of primary amides is 1. The number of nitrogens with two attached hydrogens (primary N) is 2. The second kappa shape index (κ2) is 6.53. The van der Waals surface area contributed by atoms with Crippen LogP contribution in [0.1, 0.15) is 26.2 Å². The Morgan fingerprint density at radius 2 is 1.89 bits per heavy atom. The molecule has 7 heteroatoms. The fraction of sp³-hybridized carbons (Fsp3) is 0.417. The highest BCUT2D eigenvalue weighted by molar-refractivity contribution is 7.89. The lowest BCUT2D eigenvalue weighted by molar-refractivity contribution is 0.253. The molecule has 0 aliphatic heterocycles. The van der Waals surface area contributed by atoms with Crippen LogP contribution in [0.5, 0.6) is 0 Å². The number of sulfonamides is 1. The molecular weight excluding hydrogens is 266 g/mol. The number of urea groups is 1. The molecule has 0 aliphatic rings. The van der Waals surface area contributed by atoms with E-state index in [1.54, 1.807) is 12.1 Å². The van der Waals surface area contributed by atoms with Crippen LogP contribution in [-0.4, -0.2) is 21.0 Å². The third kappa shape index (κ3) is 4.22. The fourth-order valence-electron chi connectivity index (χ4n) is 1.79. The number of hydrogen-bond acceptors (Lipinski definition) is 3. The van der Waals surface area contributed by atoms with Gasteiger partial charge in [-0.2, -0.15) is 0 Å². The number of nitrogens with zero attached hydrogens (tertiary/aromatic N) is 1. The summed E-state index contributed by atoms with van der Waals surface area (Å²) in [5, 5.41) is 5.14. The molecule has 0 atom stereocenters. The number of primary sulfonamides is 1. The van der Waals surface area contributed by atoms with E-state index in [9.17, 15) is 13.2 Å². The molecule has 0 aromatic heterocycles. The highest BCUT2D eigenvalue weighted by atomic mass is 32.2. The SMILES string of the molecule is CCCCCN(C(N)=O)c1ccccc1S(N)(=O)=O. The molecule has 1 aromatic carbocycles. The number of carbonyl (C=O) groups is 1. The summed E-state index contributed by atoms with van der Waals surface area (Å²) in [5.74, 6) is 0. The molecule has 0 saturated carbocycles. The molecule has 1 aromatic rings. The van der Waals surface area contributed by atoms with E-state index in [-0.39, 0.29) is 10.6 Å². The van der Waals surface area contributed by atoms with Crippen molar-refractivity contribution >= 4 is 21.7 Å². The van der Waals surface area contributed by atoms with Gasteiger partial charge in [0.05, 0.1) is 5.69 Å². The van der Waals surface area contributed by atoms with E-state index >= 15 is 0 Å². The molecule has 0 aliphatic carbocycles. The summed E-state index contributed by atoms with van der Waals surface area (Å²) in [6.07, 6.45) is 2.67. The molecule has 0 heterocycles. The maximum atomic E-state index is 11.5. The van der Waals surface area contributed by atoms with Crippen molar-refractivity contribution in [1.29, 1.82) is 0 Å². The van der Waals surface area contributed by atoms with Gasteiger partial charge < -0.3 is 5.73 Å². The van der Waals surface area contributed by atoms with Gasteiger partial charge >= 0.3 is 6.03 Å². The average Bonchev–Trinajstić information content (AvgIpc) is 2.33. The lowest BCUT2D eigenvalue weighted by Gasteiger charge is -2.22. The number of rotatable bonds is 6. The number of hydrogen-bond donors (Lipinski definition) is 2. The van der Waals surface area contributed by atoms with Crippen molar-refractivity contribution in [2.24, 2.45) is 10.9 Å². The topological polar surface area (TPSA) is 106 Å². The summed E-state index contributed by atoms with van der Waals surface area (Å²) in [5.41, 5.74) is 5.54. The van der Waals surface area contributed by atoms with Gasteiger partial charge in [0.1, 0.15) is 4.90 Å². The molecular formula is C12H19N3O3S. The Hall–Kier alpha value is -1.60. The average molecular weight is 285 g/mol. The maximum Gasteiger partial charge on any atom is 0.319 e. The molecule has 19 heavy (non-hydrogen) atoms. The molecule has 0 spiro atoms. The number of amides is 2. The number of carbonyl (C=O) groups excluding carboxylic acids is 1. The Morgan fingerprint density at radius 3 is 2.42 bits per heavy atom. The van der Waals surface area contributed by atoms with Crippen LogP contribution in [0.25, 0.3) is 0 Å². The second-order valence-corrected chi connectivity index (χ2v) is 5.74. The van der Waals surface area contributed by atoms with E-state index in [2.05, 4.69) is 0 Å². The van der Waals surface area contributed by atoms with Crippen molar-refractivity contribution in [2.75, 3.05) is 11.4 Å². The van der Waals surface area contributed by atoms with Gasteiger partial charge in [-0.25, -0.2) is 18.4 Å². The molecule has 2 amide bonds. The Morgan fingerprint density at radius 1 is 1.26 bits per heavy atom. The van der Waals surface area contributed by atoms with Gasteiger partial charge in [0, 0.05) is 6.54 Å². The van der Waals surface area contributed by atoms with Gasteiger partial charge in [-0.15, -0.1) is 0 Å². The number of benzene rings is 1. The van der Waals surface area contributed by atoms with Gasteiger partial charge in [0.2, 0.25) is 10.0 Å². The Bertz CT molecular complexity index is 543. The first-order valence-corrected chi connectivity index (χ1v) is 7.61. The quantitative estimate of drug-likeness (QED) is 0.771. The standard InChI is InChI=1S/C12H19N3O3S/c1-2-3-6-9-15(12(13)16)10-7-4-5-8-11(10)19(14,17)18/h4-5,7-8H,2-3,6,9H2,1H3,(H2,13,16)(H2,14,17,18). The van der Waals surface area contributed by atoms with Crippen molar-refractivity contribution in [2.45, 2.75) is 31.1 Å². The van der Waals surface area contributed by atoms with Crippen molar-refractivity contribution < 1.29 is 13.2 Å². The molecule has 0 unspecified atom stereocenters. The Balaban J connectivity index is 3.13. The maximum absolute atomic E-state index is 11.5. The number of para-hydroxylation sites is 1. The van der Waals surface area contributed by atoms with Crippen LogP contribution in [0, 0.1) is 0 Å². The van der Waals surface area contributed by atoms with E-state index in [4.69, 9.17) is 10.9 Å². The van der Waals surface area contributed by atoms with E-state index in [1.165, 1.54) is 17.0 Å². The predicted octanol–water partition coefficient (Wildman–Crippen LogP) is 1.41. The van der Waals surface area contributed by atoms with E-state index < -0.39 is 16.1 Å². The van der Waals surface area contributed by atoms with Crippen LogP contribution >= 0.6 is 0 Å². The molecule has 0 fully saturated rings. The van der Waals surface area contributed by atoms with E-state index in [0.717, 1.165) is 19.3 Å². The zero-order chi connectivity index (χ0) is 14.5. The zero-order valence-corrected chi connectivity index (χ0v) is 11.7. The molecule has 0 bridgehead atoms. The summed E-state index contributed by atoms with van der Waals surface area (Å²) in [6, 6.07) is 5.39. The van der Waals surface area contributed by atoms with Gasteiger partial charge in [-0.3, -0.25) is 4.90 Å². The summed E-state index contributed by atoms with van der Waals surface area (Å²) in [7, 11) is -3.89. The second-order valence-electron chi connectivity index (χ2n) is 4.21. The van der Waals surface area contributed by atoms with E-state index in [1.807, 2.05) is 6.92 Å². The van der Waals surface area contributed by atoms with Crippen molar-refractivity contribution in [1.82, 2.24) is 0 Å². The van der Waals surface area contributed by atoms with Crippen molar-refractivity contribution in [3.8, 4) is 0 Å². The molecule has 4 N–H and O–H groups in total. The van der Waals surface area contributed by atoms with Gasteiger partial charge in [-0.1, -0.05) is 31.9 Å². The molecule has 106 valence electrons. The molecule has 6 nitrogen and oxygen atoms in total. The first-order chi connectivity index (χ1) is 8.88. The van der Waals surface area contributed by atoms with Crippen LogP contribution in [-0.2, 0) is 10.0 Å². The van der Waals surface area contributed by atoms with Gasteiger partial charge in [0.15, 0.2) is 0 Å². The van der Waals surface area contributed by atoms with E-state index in [0.29, 0.717) is 6.54 Å². The minimum Gasteiger partial charge on any atom is -0.351 e. The normalized spacial score (nSPS) is 11.3.